The van der Waals surface area contributed by atoms with Crippen LogP contribution in [0.4, 0.5) is 5.82 Å². The highest BCUT2D eigenvalue weighted by atomic mass is 16.2. The molecule has 152 valence electrons. The summed E-state index contributed by atoms with van der Waals surface area (Å²) in [6, 6.07) is 11.9. The molecule has 2 fully saturated rings. The van der Waals surface area contributed by atoms with Gasteiger partial charge in [0.25, 0.3) is 5.91 Å². The van der Waals surface area contributed by atoms with Crippen molar-refractivity contribution in [3.05, 3.63) is 42.1 Å². The summed E-state index contributed by atoms with van der Waals surface area (Å²) in [5.41, 5.74) is 1.29. The van der Waals surface area contributed by atoms with E-state index in [1.54, 1.807) is 15.9 Å². The van der Waals surface area contributed by atoms with Gasteiger partial charge in [-0.1, -0.05) is 49.6 Å². The molecule has 2 amide bonds. The largest absolute Gasteiger partial charge is 0.367 e. The zero-order chi connectivity index (χ0) is 20.1. The van der Waals surface area contributed by atoms with Gasteiger partial charge >= 0.3 is 0 Å². The third-order valence-corrected chi connectivity index (χ3v) is 5.68. The molecule has 1 aromatic carbocycles. The fourth-order valence-electron chi connectivity index (χ4n) is 4.00. The normalized spacial score (nSPS) is 17.8. The summed E-state index contributed by atoms with van der Waals surface area (Å²) in [5.74, 6) is 1.16. The van der Waals surface area contributed by atoms with Crippen molar-refractivity contribution >= 4 is 18.1 Å². The lowest BCUT2D eigenvalue weighted by Crippen LogP contribution is -2.48. The smallest absolute Gasteiger partial charge is 0.272 e. The van der Waals surface area contributed by atoms with Gasteiger partial charge in [0.1, 0.15) is 11.5 Å². The average Bonchev–Trinajstić information content (AvgIpc) is 2.80. The number of aromatic nitrogens is 2. The summed E-state index contributed by atoms with van der Waals surface area (Å²) in [4.78, 5) is 36.8. The fraction of sp³-hybridized carbons (Fsp3) is 0.455. The van der Waals surface area contributed by atoms with E-state index in [4.69, 9.17) is 4.98 Å². The van der Waals surface area contributed by atoms with E-state index in [2.05, 4.69) is 10.3 Å². The Morgan fingerprint density at radius 3 is 2.41 bits per heavy atom. The molecule has 1 aliphatic heterocycles. The van der Waals surface area contributed by atoms with Gasteiger partial charge < -0.3 is 15.1 Å². The van der Waals surface area contributed by atoms with Crippen LogP contribution in [0.1, 0.15) is 42.6 Å². The van der Waals surface area contributed by atoms with E-state index in [1.807, 2.05) is 30.3 Å². The molecule has 1 aromatic heterocycles. The van der Waals surface area contributed by atoms with E-state index in [0.29, 0.717) is 49.6 Å². The Balaban J connectivity index is 1.60. The van der Waals surface area contributed by atoms with Gasteiger partial charge in [0.2, 0.25) is 6.41 Å². The number of hydrogen-bond acceptors (Lipinski definition) is 5. The van der Waals surface area contributed by atoms with Crippen LogP contribution in [-0.2, 0) is 4.79 Å². The van der Waals surface area contributed by atoms with Crippen LogP contribution >= 0.6 is 0 Å². The molecule has 2 aromatic rings. The number of nitrogens with one attached hydrogen (secondary N) is 1. The number of carbonyl (C=O) groups is 2. The Morgan fingerprint density at radius 1 is 1.00 bits per heavy atom. The van der Waals surface area contributed by atoms with E-state index < -0.39 is 0 Å². The first kappa shape index (κ1) is 19.4. The van der Waals surface area contributed by atoms with Gasteiger partial charge in [-0.05, 0) is 12.8 Å². The minimum absolute atomic E-state index is 0.109. The molecule has 0 radical (unpaired) electrons. The average molecular weight is 393 g/mol. The van der Waals surface area contributed by atoms with Gasteiger partial charge in [0.15, 0.2) is 5.82 Å². The third kappa shape index (κ3) is 4.72. The summed E-state index contributed by atoms with van der Waals surface area (Å²) in [6.07, 6.45) is 6.82. The van der Waals surface area contributed by atoms with Crippen molar-refractivity contribution in [2.24, 2.45) is 0 Å². The number of hydrogen-bond donors (Lipinski definition) is 1. The zero-order valence-electron chi connectivity index (χ0n) is 16.6. The first-order valence-corrected chi connectivity index (χ1v) is 10.4. The standard InChI is InChI=1S/C22H27N5O2/c28-16-26-11-13-27(14-12-26)22(29)19-15-20(23-18-9-5-2-6-10-18)25-21(24-19)17-7-3-1-4-8-17/h1,3-4,7-8,15-16,18H,2,5-6,9-14H2,(H,23,24,25). The second-order valence-corrected chi connectivity index (χ2v) is 7.74. The maximum atomic E-state index is 13.1. The van der Waals surface area contributed by atoms with Crippen molar-refractivity contribution in [1.82, 2.24) is 19.8 Å². The number of amides is 2. The second-order valence-electron chi connectivity index (χ2n) is 7.74. The number of piperazine rings is 1. The topological polar surface area (TPSA) is 78.4 Å². The van der Waals surface area contributed by atoms with Crippen LogP contribution in [0.5, 0.6) is 0 Å². The molecule has 7 heteroatoms. The van der Waals surface area contributed by atoms with Crippen LogP contribution < -0.4 is 5.32 Å². The molecule has 2 aliphatic rings. The van der Waals surface area contributed by atoms with Crippen molar-refractivity contribution < 1.29 is 9.59 Å². The lowest BCUT2D eigenvalue weighted by Gasteiger charge is -2.32. The predicted octanol–water partition coefficient (Wildman–Crippen LogP) is 2.80. The molecule has 0 spiro atoms. The lowest BCUT2D eigenvalue weighted by atomic mass is 9.95. The van der Waals surface area contributed by atoms with Crippen LogP contribution in [0.25, 0.3) is 11.4 Å². The van der Waals surface area contributed by atoms with Crippen molar-refractivity contribution in [1.29, 1.82) is 0 Å². The van der Waals surface area contributed by atoms with Crippen LogP contribution in [0.3, 0.4) is 0 Å². The summed E-state index contributed by atoms with van der Waals surface area (Å²) in [7, 11) is 0. The summed E-state index contributed by atoms with van der Waals surface area (Å²) in [6.45, 7) is 2.15. The second kappa shape index (κ2) is 9.03. The maximum Gasteiger partial charge on any atom is 0.272 e. The summed E-state index contributed by atoms with van der Waals surface area (Å²) < 4.78 is 0. The molecule has 0 bridgehead atoms. The summed E-state index contributed by atoms with van der Waals surface area (Å²) in [5, 5.41) is 3.53. The third-order valence-electron chi connectivity index (χ3n) is 5.68. The Morgan fingerprint density at radius 2 is 1.72 bits per heavy atom. The van der Waals surface area contributed by atoms with E-state index in [0.717, 1.165) is 24.8 Å². The highest BCUT2D eigenvalue weighted by Crippen LogP contribution is 2.24. The number of carbonyl (C=O) groups excluding carboxylic acids is 2. The molecule has 1 aliphatic carbocycles. The predicted molar refractivity (Wildman–Crippen MR) is 112 cm³/mol. The van der Waals surface area contributed by atoms with Gasteiger partial charge in [-0.2, -0.15) is 0 Å². The Labute approximate surface area is 171 Å². The number of rotatable bonds is 5. The van der Waals surface area contributed by atoms with Gasteiger partial charge in [-0.25, -0.2) is 9.97 Å². The van der Waals surface area contributed by atoms with Crippen LogP contribution in [0.15, 0.2) is 36.4 Å². The van der Waals surface area contributed by atoms with Gasteiger partial charge in [-0.15, -0.1) is 0 Å². The molecule has 1 N–H and O–H groups in total. The van der Waals surface area contributed by atoms with E-state index in [-0.39, 0.29) is 5.91 Å². The molecule has 29 heavy (non-hydrogen) atoms. The van der Waals surface area contributed by atoms with Gasteiger partial charge in [0, 0.05) is 43.9 Å². The highest BCUT2D eigenvalue weighted by molar-refractivity contribution is 5.93. The van der Waals surface area contributed by atoms with E-state index >= 15 is 0 Å². The Hall–Kier alpha value is -2.96. The molecule has 4 rings (SSSR count). The van der Waals surface area contributed by atoms with Gasteiger partial charge in [-0.3, -0.25) is 9.59 Å². The molecule has 0 atom stereocenters. The molecule has 2 heterocycles. The van der Waals surface area contributed by atoms with Gasteiger partial charge in [0.05, 0.1) is 0 Å². The number of nitrogens with zero attached hydrogens (tertiary/aromatic N) is 4. The van der Waals surface area contributed by atoms with E-state index in [9.17, 15) is 9.59 Å². The fourth-order valence-corrected chi connectivity index (χ4v) is 4.00. The molecule has 1 saturated heterocycles. The molecule has 7 nitrogen and oxygen atoms in total. The van der Waals surface area contributed by atoms with Crippen LogP contribution in [-0.4, -0.2) is 64.3 Å². The van der Waals surface area contributed by atoms with Crippen molar-refractivity contribution in [3.63, 3.8) is 0 Å². The Bertz CT molecular complexity index is 844. The van der Waals surface area contributed by atoms with Crippen molar-refractivity contribution in [3.8, 4) is 11.4 Å². The first-order chi connectivity index (χ1) is 14.2. The highest BCUT2D eigenvalue weighted by Gasteiger charge is 2.24. The molecule has 1 saturated carbocycles. The van der Waals surface area contributed by atoms with Crippen molar-refractivity contribution in [2.75, 3.05) is 31.5 Å². The first-order valence-electron chi connectivity index (χ1n) is 10.4. The zero-order valence-corrected chi connectivity index (χ0v) is 16.6. The molecule has 0 unspecified atom stereocenters. The molecular weight excluding hydrogens is 366 g/mol. The quantitative estimate of drug-likeness (QED) is 0.791. The number of benzene rings is 1. The minimum Gasteiger partial charge on any atom is -0.367 e. The summed E-state index contributed by atoms with van der Waals surface area (Å²) >= 11 is 0. The SMILES string of the molecule is O=CN1CCN(C(=O)c2cc(NC3CCCCC3)nc(-c3ccccc3)n2)CC1. The monoisotopic (exact) mass is 393 g/mol. The number of anilines is 1. The van der Waals surface area contributed by atoms with Crippen LogP contribution in [0.2, 0.25) is 0 Å². The van der Waals surface area contributed by atoms with Crippen LogP contribution in [0, 0.1) is 0 Å². The van der Waals surface area contributed by atoms with E-state index in [1.165, 1.54) is 19.3 Å². The lowest BCUT2D eigenvalue weighted by molar-refractivity contribution is -0.119. The minimum atomic E-state index is -0.109. The van der Waals surface area contributed by atoms with Crippen molar-refractivity contribution in [2.45, 2.75) is 38.1 Å². The molecular formula is C22H27N5O2. The Kier molecular flexibility index (Phi) is 6.03. The maximum absolute atomic E-state index is 13.1.